The fraction of sp³-hybridized carbons (Fsp3) is 0.351. The average molecular weight is 675 g/mol. The summed E-state index contributed by atoms with van der Waals surface area (Å²) < 4.78 is 52.5. The number of carboxylic acids is 1. The molecule has 3 heterocycles. The topological polar surface area (TPSA) is 105 Å². The van der Waals surface area contributed by atoms with Gasteiger partial charge in [-0.2, -0.15) is 13.2 Å². The number of hydrogen-bond donors (Lipinski definition) is 1. The van der Waals surface area contributed by atoms with Gasteiger partial charge >= 0.3 is 18.2 Å². The average Bonchev–Trinajstić information content (AvgIpc) is 3.32. The van der Waals surface area contributed by atoms with Crippen LogP contribution < -0.4 is 9.64 Å². The van der Waals surface area contributed by atoms with Gasteiger partial charge in [-0.3, -0.25) is 4.90 Å². The second kappa shape index (κ2) is 12.4. The Morgan fingerprint density at radius 1 is 1.06 bits per heavy atom. The molecule has 2 aliphatic heterocycles. The van der Waals surface area contributed by atoms with Crippen molar-refractivity contribution in [2.75, 3.05) is 18.6 Å². The van der Waals surface area contributed by atoms with E-state index in [0.29, 0.717) is 34.1 Å². The Hall–Kier alpha value is -5.13. The zero-order chi connectivity index (χ0) is 35.4. The van der Waals surface area contributed by atoms with E-state index < -0.39 is 35.9 Å². The maximum Gasteiger partial charge on any atom is 0.416 e. The lowest BCUT2D eigenvalue weighted by Crippen LogP contribution is -2.56. The summed E-state index contributed by atoms with van der Waals surface area (Å²) in [7, 11) is 1.55. The number of alkyl halides is 3. The number of nitrogens with zero attached hydrogens (tertiary/aromatic N) is 4. The highest BCUT2D eigenvalue weighted by Crippen LogP contribution is 2.41. The van der Waals surface area contributed by atoms with E-state index >= 15 is 0 Å². The molecule has 256 valence electrons. The van der Waals surface area contributed by atoms with E-state index in [9.17, 15) is 27.9 Å². The molecule has 6 rings (SSSR count). The summed E-state index contributed by atoms with van der Waals surface area (Å²) in [5, 5.41) is 9.45. The van der Waals surface area contributed by atoms with Crippen molar-refractivity contribution < 1.29 is 37.3 Å². The first-order chi connectivity index (χ1) is 23.1. The summed E-state index contributed by atoms with van der Waals surface area (Å²) in [6, 6.07) is 13.6. The van der Waals surface area contributed by atoms with Crippen LogP contribution in [0.15, 0.2) is 60.8 Å². The maximum absolute atomic E-state index is 13.7. The summed E-state index contributed by atoms with van der Waals surface area (Å²) in [6.45, 7) is 10.1. The minimum atomic E-state index is -4.55. The summed E-state index contributed by atoms with van der Waals surface area (Å²) in [5.41, 5.74) is 4.04. The van der Waals surface area contributed by atoms with Gasteiger partial charge in [0, 0.05) is 29.4 Å². The molecule has 0 spiro atoms. The molecule has 0 unspecified atom stereocenters. The fourth-order valence-corrected chi connectivity index (χ4v) is 6.59. The SMILES string of the molecule is COc1ccc(-c2ccc(C(=O)O)cc2C)cc1-c1cnc(N2CCC2(C)C)nc1CN1C(=O)O[C@H](c2cc(C)cc(C(F)(F)F)c2)[C@@H]1C. The first-order valence-electron chi connectivity index (χ1n) is 15.9. The van der Waals surface area contributed by atoms with Crippen LogP contribution >= 0.6 is 0 Å². The molecule has 2 saturated heterocycles. The predicted octanol–water partition coefficient (Wildman–Crippen LogP) is 8.22. The van der Waals surface area contributed by atoms with Crippen LogP contribution in [-0.4, -0.2) is 57.3 Å². The van der Waals surface area contributed by atoms with Gasteiger partial charge < -0.3 is 19.5 Å². The third-order valence-corrected chi connectivity index (χ3v) is 9.52. The van der Waals surface area contributed by atoms with Crippen molar-refractivity contribution in [3.8, 4) is 28.0 Å². The third-order valence-electron chi connectivity index (χ3n) is 9.52. The van der Waals surface area contributed by atoms with Gasteiger partial charge in [-0.05, 0) is 99.7 Å². The number of carbonyl (C=O) groups excluding carboxylic acids is 1. The van der Waals surface area contributed by atoms with Crippen LogP contribution in [0.3, 0.4) is 0 Å². The molecule has 49 heavy (non-hydrogen) atoms. The molecule has 0 bridgehead atoms. The molecule has 0 radical (unpaired) electrons. The minimum Gasteiger partial charge on any atom is -0.496 e. The molecule has 2 atom stereocenters. The Labute approximate surface area is 282 Å². The number of halogens is 3. The standard InChI is InChI=1S/C37H37F3N4O5/c1-20-13-25(16-26(14-20)37(38,39)40)32-22(3)43(35(47)49-32)19-30-29(18-41-34(42-30)44-12-11-36(44,4)5)28-17-23(8-10-31(28)48-6)27-9-7-24(33(45)46)15-21(27)2/h7-10,13-18,22,32H,11-12,19H2,1-6H3,(H,45,46)/t22-,32-/m0/s1. The molecule has 0 aliphatic carbocycles. The number of cyclic esters (lactones) is 1. The molecule has 1 aromatic heterocycles. The van der Waals surface area contributed by atoms with Crippen LogP contribution in [0, 0.1) is 13.8 Å². The first kappa shape index (κ1) is 33.8. The smallest absolute Gasteiger partial charge is 0.416 e. The highest BCUT2D eigenvalue weighted by Gasteiger charge is 2.42. The summed E-state index contributed by atoms with van der Waals surface area (Å²) in [5.74, 6) is 0.00716. The number of methoxy groups -OCH3 is 1. The molecule has 0 saturated carbocycles. The Morgan fingerprint density at radius 2 is 1.82 bits per heavy atom. The van der Waals surface area contributed by atoms with Crippen molar-refractivity contribution in [2.45, 2.75) is 71.4 Å². The first-order valence-corrected chi connectivity index (χ1v) is 15.9. The number of benzene rings is 3. The van der Waals surface area contributed by atoms with Crippen molar-refractivity contribution in [2.24, 2.45) is 0 Å². The van der Waals surface area contributed by atoms with Crippen LogP contribution in [0.1, 0.15) is 71.6 Å². The number of hydrogen-bond acceptors (Lipinski definition) is 7. The lowest BCUT2D eigenvalue weighted by Gasteiger charge is -2.48. The van der Waals surface area contributed by atoms with Gasteiger partial charge in [-0.25, -0.2) is 19.6 Å². The molecule has 12 heteroatoms. The van der Waals surface area contributed by atoms with Crippen molar-refractivity contribution in [1.82, 2.24) is 14.9 Å². The Balaban J connectivity index is 1.42. The van der Waals surface area contributed by atoms with Crippen molar-refractivity contribution >= 4 is 18.0 Å². The highest BCUT2D eigenvalue weighted by atomic mass is 19.4. The molecule has 1 amide bonds. The second-order valence-electron chi connectivity index (χ2n) is 13.3. The van der Waals surface area contributed by atoms with E-state index in [0.717, 1.165) is 41.8 Å². The molecule has 9 nitrogen and oxygen atoms in total. The monoisotopic (exact) mass is 674 g/mol. The van der Waals surface area contributed by atoms with Gasteiger partial charge in [-0.15, -0.1) is 0 Å². The summed E-state index contributed by atoms with van der Waals surface area (Å²) >= 11 is 0. The van der Waals surface area contributed by atoms with Crippen molar-refractivity contribution in [1.29, 1.82) is 0 Å². The van der Waals surface area contributed by atoms with Gasteiger partial charge in [0.05, 0.1) is 36.5 Å². The quantitative estimate of drug-likeness (QED) is 0.199. The van der Waals surface area contributed by atoms with Crippen molar-refractivity contribution in [3.63, 3.8) is 0 Å². The number of carboxylic acid groups (broad SMARTS) is 1. The number of ether oxygens (including phenoxy) is 2. The van der Waals surface area contributed by atoms with Crippen LogP contribution in [0.4, 0.5) is 23.9 Å². The van der Waals surface area contributed by atoms with Crippen LogP contribution in [-0.2, 0) is 17.5 Å². The summed E-state index contributed by atoms with van der Waals surface area (Å²) in [6.07, 6.45) is -3.49. The van der Waals surface area contributed by atoms with E-state index in [2.05, 4.69) is 18.7 Å². The molecular weight excluding hydrogens is 637 g/mol. The molecule has 2 fully saturated rings. The Morgan fingerprint density at radius 3 is 2.43 bits per heavy atom. The number of anilines is 1. The lowest BCUT2D eigenvalue weighted by molar-refractivity contribution is -0.137. The third kappa shape index (κ3) is 6.39. The normalized spacial score (nSPS) is 18.7. The van der Waals surface area contributed by atoms with Gasteiger partial charge in [0.25, 0.3) is 0 Å². The fourth-order valence-electron chi connectivity index (χ4n) is 6.59. The zero-order valence-corrected chi connectivity index (χ0v) is 28.1. The maximum atomic E-state index is 13.7. The minimum absolute atomic E-state index is 0.00666. The highest BCUT2D eigenvalue weighted by molar-refractivity contribution is 5.89. The van der Waals surface area contributed by atoms with Gasteiger partial charge in [0.15, 0.2) is 0 Å². The second-order valence-corrected chi connectivity index (χ2v) is 13.3. The lowest BCUT2D eigenvalue weighted by atomic mass is 9.89. The number of aromatic nitrogens is 2. The number of aryl methyl sites for hydroxylation is 2. The molecule has 4 aromatic rings. The number of rotatable bonds is 8. The predicted molar refractivity (Wildman–Crippen MR) is 178 cm³/mol. The number of amides is 1. The number of carbonyl (C=O) groups is 2. The van der Waals surface area contributed by atoms with Gasteiger partial charge in [-0.1, -0.05) is 23.8 Å². The van der Waals surface area contributed by atoms with Gasteiger partial charge in [0.2, 0.25) is 5.95 Å². The van der Waals surface area contributed by atoms with E-state index in [1.807, 2.05) is 25.1 Å². The zero-order valence-electron chi connectivity index (χ0n) is 28.1. The van der Waals surface area contributed by atoms with Crippen LogP contribution in [0.25, 0.3) is 22.3 Å². The van der Waals surface area contributed by atoms with Crippen LogP contribution in [0.5, 0.6) is 5.75 Å². The van der Waals surface area contributed by atoms with Gasteiger partial charge in [0.1, 0.15) is 11.9 Å². The summed E-state index contributed by atoms with van der Waals surface area (Å²) in [4.78, 5) is 38.2. The number of aromatic carboxylic acids is 1. The van der Waals surface area contributed by atoms with Crippen molar-refractivity contribution in [3.05, 3.63) is 94.3 Å². The molecular formula is C37H37F3N4O5. The van der Waals surface area contributed by atoms with Crippen LogP contribution in [0.2, 0.25) is 0 Å². The molecule has 1 N–H and O–H groups in total. The van der Waals surface area contributed by atoms with E-state index in [4.69, 9.17) is 19.4 Å². The molecule has 2 aliphatic rings. The van der Waals surface area contributed by atoms with E-state index in [-0.39, 0.29) is 23.2 Å². The van der Waals surface area contributed by atoms with E-state index in [1.165, 1.54) is 4.90 Å². The largest absolute Gasteiger partial charge is 0.496 e. The Bertz CT molecular complexity index is 1960. The molecule has 3 aromatic carbocycles. The Kier molecular flexibility index (Phi) is 8.54. The van der Waals surface area contributed by atoms with E-state index in [1.54, 1.807) is 51.4 Å².